The number of ether oxygens (including phenoxy) is 2. The molecule has 0 aromatic rings. The van der Waals surface area contributed by atoms with Crippen LogP contribution in [-0.2, 0) is 9.47 Å². The molecule has 88 valence electrons. The minimum Gasteiger partial charge on any atom is -0.377 e. The Kier molecular flexibility index (Phi) is 3.61. The van der Waals surface area contributed by atoms with Crippen LogP contribution < -0.4 is 10.6 Å². The third-order valence-electron chi connectivity index (χ3n) is 3.62. The fourth-order valence-corrected chi connectivity index (χ4v) is 2.16. The van der Waals surface area contributed by atoms with Gasteiger partial charge < -0.3 is 20.1 Å². The quantitative estimate of drug-likeness (QED) is 0.701. The lowest BCUT2D eigenvalue weighted by molar-refractivity contribution is 0.0191. The van der Waals surface area contributed by atoms with E-state index in [9.17, 15) is 0 Å². The number of rotatable bonds is 3. The molecule has 0 aromatic carbocycles. The van der Waals surface area contributed by atoms with E-state index in [0.717, 1.165) is 39.3 Å². The summed E-state index contributed by atoms with van der Waals surface area (Å²) in [5, 5.41) is 6.93. The van der Waals surface area contributed by atoms with Gasteiger partial charge in [0.05, 0.1) is 18.8 Å². The van der Waals surface area contributed by atoms with Gasteiger partial charge in [-0.2, -0.15) is 0 Å². The molecule has 2 fully saturated rings. The van der Waals surface area contributed by atoms with E-state index >= 15 is 0 Å². The number of morpholine rings is 1. The molecule has 0 bridgehead atoms. The largest absolute Gasteiger partial charge is 0.377 e. The van der Waals surface area contributed by atoms with Crippen LogP contribution in [0.15, 0.2) is 0 Å². The van der Waals surface area contributed by atoms with Crippen LogP contribution in [0.2, 0.25) is 0 Å². The van der Waals surface area contributed by atoms with Gasteiger partial charge in [0, 0.05) is 31.8 Å². The zero-order valence-electron chi connectivity index (χ0n) is 9.71. The molecule has 2 aliphatic heterocycles. The molecular formula is C11H22N2O2. The molecule has 0 saturated carbocycles. The molecule has 2 aliphatic rings. The van der Waals surface area contributed by atoms with Crippen molar-refractivity contribution in [2.45, 2.75) is 38.0 Å². The minimum absolute atomic E-state index is 0.126. The fraction of sp³-hybridized carbons (Fsp3) is 1.00. The molecular weight excluding hydrogens is 192 g/mol. The lowest BCUT2D eigenvalue weighted by Gasteiger charge is -2.32. The second-order valence-corrected chi connectivity index (χ2v) is 4.76. The third kappa shape index (κ3) is 2.69. The molecule has 0 radical (unpaired) electrons. The molecule has 15 heavy (non-hydrogen) atoms. The van der Waals surface area contributed by atoms with Crippen molar-refractivity contribution < 1.29 is 9.47 Å². The lowest BCUT2D eigenvalue weighted by atomic mass is 9.94. The van der Waals surface area contributed by atoms with Gasteiger partial charge in [0.25, 0.3) is 0 Å². The Labute approximate surface area is 91.7 Å². The highest BCUT2D eigenvalue weighted by atomic mass is 16.5. The maximum absolute atomic E-state index is 5.65. The standard InChI is InChI=1S/C11H22N2O2/c1-9-11(2,3-5-14-9)13-8-10-7-12-4-6-15-10/h9-10,12-13H,3-8H2,1-2H3. The average molecular weight is 214 g/mol. The van der Waals surface area contributed by atoms with E-state index in [0.29, 0.717) is 12.2 Å². The van der Waals surface area contributed by atoms with Crippen molar-refractivity contribution in [3.05, 3.63) is 0 Å². The molecule has 2 rings (SSSR count). The van der Waals surface area contributed by atoms with Crippen LogP contribution in [0.1, 0.15) is 20.3 Å². The molecule has 0 aliphatic carbocycles. The van der Waals surface area contributed by atoms with E-state index < -0.39 is 0 Å². The van der Waals surface area contributed by atoms with E-state index in [1.807, 2.05) is 0 Å². The van der Waals surface area contributed by atoms with Crippen molar-refractivity contribution >= 4 is 0 Å². The summed E-state index contributed by atoms with van der Waals surface area (Å²) in [5.74, 6) is 0. The first-order valence-electron chi connectivity index (χ1n) is 5.90. The van der Waals surface area contributed by atoms with Crippen LogP contribution in [0.3, 0.4) is 0 Å². The van der Waals surface area contributed by atoms with E-state index in [2.05, 4.69) is 24.5 Å². The smallest absolute Gasteiger partial charge is 0.0824 e. The summed E-state index contributed by atoms with van der Waals surface area (Å²) < 4.78 is 11.2. The molecule has 3 unspecified atom stereocenters. The van der Waals surface area contributed by atoms with Crippen LogP contribution in [0.25, 0.3) is 0 Å². The van der Waals surface area contributed by atoms with E-state index in [-0.39, 0.29) is 5.54 Å². The van der Waals surface area contributed by atoms with Crippen molar-refractivity contribution in [1.29, 1.82) is 0 Å². The first-order valence-corrected chi connectivity index (χ1v) is 5.90. The van der Waals surface area contributed by atoms with Gasteiger partial charge in [-0.25, -0.2) is 0 Å². The van der Waals surface area contributed by atoms with E-state index in [1.54, 1.807) is 0 Å². The number of hydrogen-bond donors (Lipinski definition) is 2. The zero-order valence-corrected chi connectivity index (χ0v) is 9.71. The van der Waals surface area contributed by atoms with Crippen molar-refractivity contribution in [2.75, 3.05) is 32.8 Å². The van der Waals surface area contributed by atoms with Crippen LogP contribution in [0.5, 0.6) is 0 Å². The highest BCUT2D eigenvalue weighted by Gasteiger charge is 2.36. The number of nitrogens with one attached hydrogen (secondary N) is 2. The maximum Gasteiger partial charge on any atom is 0.0824 e. The monoisotopic (exact) mass is 214 g/mol. The molecule has 0 amide bonds. The highest BCUT2D eigenvalue weighted by molar-refractivity contribution is 4.94. The van der Waals surface area contributed by atoms with Crippen LogP contribution in [0, 0.1) is 0 Å². The fourth-order valence-electron chi connectivity index (χ4n) is 2.16. The predicted octanol–water partition coefficient (Wildman–Crippen LogP) is 0.132. The third-order valence-corrected chi connectivity index (χ3v) is 3.62. The topological polar surface area (TPSA) is 42.5 Å². The first kappa shape index (κ1) is 11.3. The summed E-state index contributed by atoms with van der Waals surface area (Å²) in [6.45, 7) is 8.92. The van der Waals surface area contributed by atoms with Crippen LogP contribution in [0.4, 0.5) is 0 Å². The van der Waals surface area contributed by atoms with Gasteiger partial charge in [0.15, 0.2) is 0 Å². The Morgan fingerprint density at radius 1 is 1.40 bits per heavy atom. The summed E-state index contributed by atoms with van der Waals surface area (Å²) in [5.41, 5.74) is 0.126. The Morgan fingerprint density at radius 3 is 2.87 bits per heavy atom. The molecule has 3 atom stereocenters. The Balaban J connectivity index is 1.76. The lowest BCUT2D eigenvalue weighted by Crippen LogP contribution is -2.53. The van der Waals surface area contributed by atoms with E-state index in [1.165, 1.54) is 0 Å². The van der Waals surface area contributed by atoms with Crippen LogP contribution in [-0.4, -0.2) is 50.6 Å². The Hall–Kier alpha value is -0.160. The van der Waals surface area contributed by atoms with Gasteiger partial charge in [-0.1, -0.05) is 0 Å². The van der Waals surface area contributed by atoms with Crippen molar-refractivity contribution in [3.8, 4) is 0 Å². The van der Waals surface area contributed by atoms with Crippen LogP contribution >= 0.6 is 0 Å². The second-order valence-electron chi connectivity index (χ2n) is 4.76. The molecule has 0 aromatic heterocycles. The molecule has 2 heterocycles. The maximum atomic E-state index is 5.65. The van der Waals surface area contributed by atoms with Gasteiger partial charge >= 0.3 is 0 Å². The SMILES string of the molecule is CC1OCCC1(C)NCC1CNCCO1. The minimum atomic E-state index is 0.126. The van der Waals surface area contributed by atoms with Gasteiger partial charge in [-0.05, 0) is 20.3 Å². The van der Waals surface area contributed by atoms with Gasteiger partial charge in [0.2, 0.25) is 0 Å². The van der Waals surface area contributed by atoms with E-state index in [4.69, 9.17) is 9.47 Å². The van der Waals surface area contributed by atoms with Gasteiger partial charge in [-0.3, -0.25) is 0 Å². The Morgan fingerprint density at radius 2 is 2.27 bits per heavy atom. The molecule has 4 heteroatoms. The second kappa shape index (κ2) is 4.78. The van der Waals surface area contributed by atoms with Crippen molar-refractivity contribution in [2.24, 2.45) is 0 Å². The summed E-state index contributed by atoms with van der Waals surface area (Å²) in [6, 6.07) is 0. The molecule has 2 N–H and O–H groups in total. The normalized spacial score (nSPS) is 42.0. The highest BCUT2D eigenvalue weighted by Crippen LogP contribution is 2.24. The summed E-state index contributed by atoms with van der Waals surface area (Å²) in [6.07, 6.45) is 1.70. The van der Waals surface area contributed by atoms with Crippen molar-refractivity contribution in [1.82, 2.24) is 10.6 Å². The first-order chi connectivity index (χ1) is 7.21. The summed E-state index contributed by atoms with van der Waals surface area (Å²) in [4.78, 5) is 0. The Bertz CT molecular complexity index is 207. The van der Waals surface area contributed by atoms with Gasteiger partial charge in [-0.15, -0.1) is 0 Å². The number of hydrogen-bond acceptors (Lipinski definition) is 4. The predicted molar refractivity (Wildman–Crippen MR) is 59.0 cm³/mol. The molecule has 0 spiro atoms. The van der Waals surface area contributed by atoms with Gasteiger partial charge in [0.1, 0.15) is 0 Å². The average Bonchev–Trinajstić information content (AvgIpc) is 2.59. The zero-order chi connectivity index (χ0) is 10.7. The van der Waals surface area contributed by atoms with Crippen molar-refractivity contribution in [3.63, 3.8) is 0 Å². The molecule has 4 nitrogen and oxygen atoms in total. The summed E-state index contributed by atoms with van der Waals surface area (Å²) in [7, 11) is 0. The molecule has 2 saturated heterocycles. The summed E-state index contributed by atoms with van der Waals surface area (Å²) >= 11 is 0.